The van der Waals surface area contributed by atoms with E-state index in [1.54, 1.807) is 25.8 Å². The lowest BCUT2D eigenvalue weighted by atomic mass is 10.1. The zero-order valence-electron chi connectivity index (χ0n) is 21.9. The predicted molar refractivity (Wildman–Crippen MR) is 152 cm³/mol. The molecular formula is C29H34N8O. The van der Waals surface area contributed by atoms with Crippen LogP contribution in [0.3, 0.4) is 0 Å². The highest BCUT2D eigenvalue weighted by atomic mass is 16.5. The van der Waals surface area contributed by atoms with Crippen molar-refractivity contribution in [2.45, 2.75) is 19.4 Å². The summed E-state index contributed by atoms with van der Waals surface area (Å²) < 4.78 is 8.05. The Morgan fingerprint density at radius 2 is 2.05 bits per heavy atom. The van der Waals surface area contributed by atoms with Gasteiger partial charge in [0.2, 0.25) is 0 Å². The molecule has 196 valence electrons. The number of aromatic nitrogens is 4. The van der Waals surface area contributed by atoms with Crippen molar-refractivity contribution in [2.75, 3.05) is 39.1 Å². The van der Waals surface area contributed by atoms with Crippen molar-refractivity contribution < 1.29 is 4.74 Å². The number of hydrogen-bond acceptors (Lipinski definition) is 8. The maximum atomic E-state index is 6.04. The monoisotopic (exact) mass is 510 g/mol. The van der Waals surface area contributed by atoms with Crippen LogP contribution in [0.25, 0.3) is 22.6 Å². The van der Waals surface area contributed by atoms with Crippen molar-refractivity contribution in [2.24, 2.45) is 16.6 Å². The highest BCUT2D eigenvalue weighted by Gasteiger charge is 2.19. The van der Waals surface area contributed by atoms with Gasteiger partial charge in [0.15, 0.2) is 0 Å². The van der Waals surface area contributed by atoms with E-state index in [2.05, 4.69) is 49.3 Å². The van der Waals surface area contributed by atoms with Gasteiger partial charge in [0.05, 0.1) is 24.2 Å². The second-order valence-corrected chi connectivity index (χ2v) is 9.64. The molecule has 9 nitrogen and oxygen atoms in total. The van der Waals surface area contributed by atoms with Crippen molar-refractivity contribution in [1.29, 1.82) is 0 Å². The summed E-state index contributed by atoms with van der Waals surface area (Å²) in [5, 5.41) is 3.39. The fourth-order valence-corrected chi connectivity index (χ4v) is 4.80. The molecule has 1 unspecified atom stereocenters. The van der Waals surface area contributed by atoms with Crippen LogP contribution in [-0.2, 0) is 6.54 Å². The lowest BCUT2D eigenvalue weighted by Gasteiger charge is -2.12. The van der Waals surface area contributed by atoms with Gasteiger partial charge in [-0.25, -0.2) is 15.0 Å². The van der Waals surface area contributed by atoms with E-state index in [0.29, 0.717) is 6.54 Å². The molecule has 0 aliphatic carbocycles. The van der Waals surface area contributed by atoms with Crippen LogP contribution >= 0.6 is 0 Å². The van der Waals surface area contributed by atoms with E-state index in [-0.39, 0.29) is 0 Å². The number of nitrogens with one attached hydrogen (secondary N) is 1. The maximum Gasteiger partial charge on any atom is 0.140 e. The lowest BCUT2D eigenvalue weighted by molar-refractivity contribution is 0.276. The minimum absolute atomic E-state index is 0.630. The molecule has 1 aliphatic heterocycles. The van der Waals surface area contributed by atoms with Crippen LogP contribution in [0.15, 0.2) is 72.4 Å². The van der Waals surface area contributed by atoms with Gasteiger partial charge >= 0.3 is 0 Å². The predicted octanol–water partition coefficient (Wildman–Crippen LogP) is 4.12. The van der Waals surface area contributed by atoms with Gasteiger partial charge in [-0.15, -0.1) is 0 Å². The summed E-state index contributed by atoms with van der Waals surface area (Å²) in [6.07, 6.45) is 11.0. The Kier molecular flexibility index (Phi) is 7.94. The fourth-order valence-electron chi connectivity index (χ4n) is 4.80. The van der Waals surface area contributed by atoms with Crippen LogP contribution in [-0.4, -0.2) is 64.3 Å². The zero-order valence-corrected chi connectivity index (χ0v) is 21.9. The first-order valence-electron chi connectivity index (χ1n) is 12.9. The highest BCUT2D eigenvalue weighted by Crippen LogP contribution is 2.24. The number of benzene rings is 1. The number of nitrogens with zero attached hydrogens (tertiary/aromatic N) is 6. The second-order valence-electron chi connectivity index (χ2n) is 9.64. The third kappa shape index (κ3) is 6.00. The Hall–Kier alpha value is -4.24. The molecule has 1 fully saturated rings. The molecular weight excluding hydrogens is 476 g/mol. The summed E-state index contributed by atoms with van der Waals surface area (Å²) in [4.78, 5) is 19.9. The quantitative estimate of drug-likeness (QED) is 0.309. The molecule has 3 aromatic heterocycles. The molecule has 1 saturated heterocycles. The van der Waals surface area contributed by atoms with Gasteiger partial charge in [0.1, 0.15) is 23.5 Å². The van der Waals surface area contributed by atoms with Crippen molar-refractivity contribution >= 4 is 23.3 Å². The summed E-state index contributed by atoms with van der Waals surface area (Å²) in [7, 11) is 3.91. The Balaban J connectivity index is 1.22. The summed E-state index contributed by atoms with van der Waals surface area (Å²) >= 11 is 0. The Bertz CT molecular complexity index is 1430. The molecule has 0 saturated carbocycles. The van der Waals surface area contributed by atoms with Crippen molar-refractivity contribution in [3.8, 4) is 17.1 Å². The largest absolute Gasteiger partial charge is 0.493 e. The maximum absolute atomic E-state index is 6.04. The summed E-state index contributed by atoms with van der Waals surface area (Å²) in [6, 6.07) is 14.1. The highest BCUT2D eigenvalue weighted by molar-refractivity contribution is 6.09. The average Bonchev–Trinajstić information content (AvgIpc) is 3.56. The Labute approximate surface area is 223 Å². The summed E-state index contributed by atoms with van der Waals surface area (Å²) in [6.45, 7) is 3.70. The third-order valence-corrected chi connectivity index (χ3v) is 6.91. The topological polar surface area (TPSA) is 106 Å². The molecule has 4 aromatic rings. The Morgan fingerprint density at radius 1 is 1.18 bits per heavy atom. The number of anilines is 1. The van der Waals surface area contributed by atoms with E-state index in [0.717, 1.165) is 70.8 Å². The number of allylic oxidation sites excluding steroid dienone is 1. The van der Waals surface area contributed by atoms with E-state index in [1.165, 1.54) is 13.0 Å². The molecule has 38 heavy (non-hydrogen) atoms. The van der Waals surface area contributed by atoms with Gasteiger partial charge < -0.3 is 20.7 Å². The number of rotatable bonds is 10. The van der Waals surface area contributed by atoms with Crippen LogP contribution in [0.4, 0.5) is 5.82 Å². The first-order chi connectivity index (χ1) is 18.6. The molecule has 0 radical (unpaired) electrons. The van der Waals surface area contributed by atoms with E-state index in [9.17, 15) is 0 Å². The van der Waals surface area contributed by atoms with Crippen LogP contribution < -0.4 is 15.8 Å². The summed E-state index contributed by atoms with van der Waals surface area (Å²) in [5.74, 6) is 2.31. The third-order valence-electron chi connectivity index (χ3n) is 6.91. The smallest absolute Gasteiger partial charge is 0.140 e. The number of likely N-dealkylation sites (tertiary alicyclic amines) is 1. The number of fused-ring (bicyclic) bond motifs is 1. The van der Waals surface area contributed by atoms with E-state index >= 15 is 0 Å². The van der Waals surface area contributed by atoms with E-state index in [1.807, 2.05) is 47.1 Å². The number of pyridine rings is 1. The molecule has 4 heterocycles. The van der Waals surface area contributed by atoms with E-state index < -0.39 is 0 Å². The molecule has 0 spiro atoms. The van der Waals surface area contributed by atoms with Crippen molar-refractivity contribution in [3.05, 3.63) is 78.5 Å². The van der Waals surface area contributed by atoms with Gasteiger partial charge in [-0.2, -0.15) is 0 Å². The Morgan fingerprint density at radius 3 is 2.82 bits per heavy atom. The van der Waals surface area contributed by atoms with Gasteiger partial charge in [0.25, 0.3) is 0 Å². The lowest BCUT2D eigenvalue weighted by Crippen LogP contribution is -2.15. The standard InChI is InChI=1S/C29H34N8O/c1-31-17-24(15-30)23-5-3-21(4-6-23)16-32-28-14-26(34-20-35-28)27-18-33-29-13-25(8-11-37(27)29)38-12-9-22-7-10-36(2)19-22/h3-6,8,11,13-15,17-18,20,22H,7,9-10,12,16,19,30H2,1-2H3,(H,32,34,35)/b24-15+,31-17?. The number of nitrogens with two attached hydrogens (primary N) is 1. The number of imidazole rings is 1. The van der Waals surface area contributed by atoms with Crippen LogP contribution in [0.2, 0.25) is 0 Å². The van der Waals surface area contributed by atoms with E-state index in [4.69, 9.17) is 10.5 Å². The van der Waals surface area contributed by atoms with Gasteiger partial charge in [-0.1, -0.05) is 24.3 Å². The normalized spacial score (nSPS) is 16.5. The van der Waals surface area contributed by atoms with Gasteiger partial charge in [-0.05, 0) is 49.5 Å². The van der Waals surface area contributed by atoms with Crippen LogP contribution in [0, 0.1) is 5.92 Å². The molecule has 0 amide bonds. The SMILES string of the molecule is CN=C/C(=C\N)c1ccc(CNc2cc(-c3cnc4cc(OCCC5CCN(C)C5)ccn34)ncn2)cc1. The number of hydrogen-bond donors (Lipinski definition) is 2. The first kappa shape index (κ1) is 25.4. The van der Waals surface area contributed by atoms with Crippen LogP contribution in [0.1, 0.15) is 24.0 Å². The minimum atomic E-state index is 0.630. The molecule has 3 N–H and O–H groups in total. The minimum Gasteiger partial charge on any atom is -0.493 e. The summed E-state index contributed by atoms with van der Waals surface area (Å²) in [5.41, 5.74) is 11.3. The molecule has 1 aromatic carbocycles. The molecule has 1 aliphatic rings. The molecule has 9 heteroatoms. The molecule has 1 atom stereocenters. The zero-order chi connectivity index (χ0) is 26.3. The first-order valence-corrected chi connectivity index (χ1v) is 12.9. The molecule has 5 rings (SSSR count). The van der Waals surface area contributed by atoms with Crippen LogP contribution in [0.5, 0.6) is 5.75 Å². The second kappa shape index (κ2) is 11.9. The number of ether oxygens (including phenoxy) is 1. The van der Waals surface area contributed by atoms with Gasteiger partial charge in [0, 0.05) is 56.5 Å². The van der Waals surface area contributed by atoms with Gasteiger partial charge in [-0.3, -0.25) is 9.39 Å². The number of aliphatic imine (C=N–C) groups is 1. The average molecular weight is 511 g/mol. The van der Waals surface area contributed by atoms with Crippen molar-refractivity contribution in [1.82, 2.24) is 24.3 Å². The fraction of sp³-hybridized carbons (Fsp3) is 0.310. The van der Waals surface area contributed by atoms with Crippen molar-refractivity contribution in [3.63, 3.8) is 0 Å². The molecule has 0 bridgehead atoms.